The minimum absolute atomic E-state index is 0.0613. The maximum absolute atomic E-state index is 12.0. The van der Waals surface area contributed by atoms with E-state index in [2.05, 4.69) is 20.6 Å². The maximum atomic E-state index is 12.0. The van der Waals surface area contributed by atoms with Crippen LogP contribution in [0.5, 0.6) is 0 Å². The molecule has 0 atom stereocenters. The number of amides is 3. The van der Waals surface area contributed by atoms with Crippen LogP contribution in [0.3, 0.4) is 0 Å². The largest absolute Gasteiger partial charge is 0.442 e. The van der Waals surface area contributed by atoms with Gasteiger partial charge in [-0.25, -0.2) is 20.2 Å². The molecule has 10 nitrogen and oxygen atoms in total. The van der Waals surface area contributed by atoms with Crippen molar-refractivity contribution in [3.8, 4) is 0 Å². The molecule has 0 bridgehead atoms. The normalized spacial score (nSPS) is 10.6. The summed E-state index contributed by atoms with van der Waals surface area (Å²) in [5, 5.41) is 16.4. The van der Waals surface area contributed by atoms with Crippen molar-refractivity contribution >= 4 is 55.9 Å². The molecule has 4 N–H and O–H groups in total. The van der Waals surface area contributed by atoms with Crippen LogP contribution in [0.25, 0.3) is 10.2 Å². The van der Waals surface area contributed by atoms with Crippen molar-refractivity contribution in [1.29, 1.82) is 0 Å². The van der Waals surface area contributed by atoms with Gasteiger partial charge < -0.3 is 10.1 Å². The number of ether oxygens (including phenoxy) is 1. The second kappa shape index (κ2) is 11.3. The van der Waals surface area contributed by atoms with Crippen molar-refractivity contribution in [3.63, 3.8) is 0 Å². The average molecular weight is 464 g/mol. The molecule has 0 aliphatic rings. The molecule has 3 rings (SSSR count). The summed E-state index contributed by atoms with van der Waals surface area (Å²) >= 11 is 2.66. The SMILES string of the molecule is O=C(CCCCNC(=O)Cc1csc(NC(=O)OCc2nc3ccccc3s2)n1)NO. The van der Waals surface area contributed by atoms with E-state index in [1.807, 2.05) is 24.3 Å². The third-order valence-corrected chi connectivity index (χ3v) is 5.86. The van der Waals surface area contributed by atoms with Crippen LogP contribution in [-0.4, -0.2) is 39.6 Å². The number of anilines is 1. The number of carbonyl (C=O) groups is 3. The number of nitrogens with zero attached hydrogens (tertiary/aromatic N) is 2. The number of carbonyl (C=O) groups excluding carboxylic acids is 3. The lowest BCUT2D eigenvalue weighted by molar-refractivity contribution is -0.129. The highest BCUT2D eigenvalue weighted by Gasteiger charge is 2.12. The van der Waals surface area contributed by atoms with Crippen molar-refractivity contribution < 1.29 is 24.3 Å². The number of para-hydroxylation sites is 1. The number of hydroxylamine groups is 1. The van der Waals surface area contributed by atoms with Gasteiger partial charge in [0.15, 0.2) is 5.13 Å². The quantitative estimate of drug-likeness (QED) is 0.206. The van der Waals surface area contributed by atoms with E-state index < -0.39 is 12.0 Å². The molecule has 3 amide bonds. The lowest BCUT2D eigenvalue weighted by Gasteiger charge is -2.04. The van der Waals surface area contributed by atoms with Gasteiger partial charge in [0, 0.05) is 18.3 Å². The predicted octanol–water partition coefficient (Wildman–Crippen LogP) is 2.84. The Kier molecular flexibility index (Phi) is 8.27. The van der Waals surface area contributed by atoms with Gasteiger partial charge in [-0.2, -0.15) is 0 Å². The Hall–Kier alpha value is -3.09. The summed E-state index contributed by atoms with van der Waals surface area (Å²) in [7, 11) is 0. The zero-order valence-corrected chi connectivity index (χ0v) is 18.1. The highest BCUT2D eigenvalue weighted by Crippen LogP contribution is 2.22. The van der Waals surface area contributed by atoms with Gasteiger partial charge >= 0.3 is 6.09 Å². The number of fused-ring (bicyclic) bond motifs is 1. The summed E-state index contributed by atoms with van der Waals surface area (Å²) < 4.78 is 6.22. The summed E-state index contributed by atoms with van der Waals surface area (Å²) in [4.78, 5) is 43.4. The summed E-state index contributed by atoms with van der Waals surface area (Å²) in [5.74, 6) is -0.658. The van der Waals surface area contributed by atoms with Gasteiger partial charge in [-0.3, -0.25) is 20.1 Å². The van der Waals surface area contributed by atoms with Crippen molar-refractivity contribution in [2.45, 2.75) is 32.3 Å². The van der Waals surface area contributed by atoms with Crippen LogP contribution in [0.1, 0.15) is 30.0 Å². The monoisotopic (exact) mass is 463 g/mol. The molecule has 0 saturated heterocycles. The zero-order valence-electron chi connectivity index (χ0n) is 16.4. The first-order chi connectivity index (χ1) is 15.0. The molecule has 0 radical (unpaired) electrons. The first-order valence-electron chi connectivity index (χ1n) is 9.46. The second-order valence-electron chi connectivity index (χ2n) is 6.44. The number of aromatic nitrogens is 2. The highest BCUT2D eigenvalue weighted by molar-refractivity contribution is 7.18. The number of unbranched alkanes of at least 4 members (excludes halogenated alkanes) is 1. The highest BCUT2D eigenvalue weighted by atomic mass is 32.1. The number of thiazole rings is 2. The molecular formula is C19H21N5O5S2. The molecule has 2 aromatic heterocycles. The van der Waals surface area contributed by atoms with Crippen molar-refractivity contribution in [3.05, 3.63) is 40.3 Å². The van der Waals surface area contributed by atoms with E-state index >= 15 is 0 Å². The van der Waals surface area contributed by atoms with Gasteiger partial charge in [-0.1, -0.05) is 12.1 Å². The Bertz CT molecular complexity index is 1020. The maximum Gasteiger partial charge on any atom is 0.413 e. The van der Waals surface area contributed by atoms with E-state index in [1.54, 1.807) is 10.9 Å². The molecule has 0 saturated carbocycles. The van der Waals surface area contributed by atoms with Crippen molar-refractivity contribution in [2.75, 3.05) is 11.9 Å². The number of nitrogens with one attached hydrogen (secondary N) is 3. The van der Waals surface area contributed by atoms with Gasteiger partial charge in [-0.05, 0) is 25.0 Å². The fraction of sp³-hybridized carbons (Fsp3) is 0.316. The van der Waals surface area contributed by atoms with Gasteiger partial charge in [0.1, 0.15) is 11.6 Å². The van der Waals surface area contributed by atoms with E-state index in [0.29, 0.717) is 35.2 Å². The molecule has 164 valence electrons. The Morgan fingerprint density at radius 1 is 1.10 bits per heavy atom. The van der Waals surface area contributed by atoms with Crippen LogP contribution in [-0.2, 0) is 27.4 Å². The number of rotatable bonds is 10. The summed E-state index contributed by atoms with van der Waals surface area (Å²) in [6.45, 7) is 0.483. The third-order valence-electron chi connectivity index (χ3n) is 4.04. The number of benzene rings is 1. The Labute approximate surface area is 185 Å². The number of hydrogen-bond acceptors (Lipinski definition) is 9. The average Bonchev–Trinajstić information content (AvgIpc) is 3.37. The van der Waals surface area contributed by atoms with Gasteiger partial charge in [0.25, 0.3) is 0 Å². The topological polar surface area (TPSA) is 143 Å². The fourth-order valence-electron chi connectivity index (χ4n) is 2.60. The van der Waals surface area contributed by atoms with E-state index in [4.69, 9.17) is 9.94 Å². The fourth-order valence-corrected chi connectivity index (χ4v) is 4.18. The number of hydrogen-bond donors (Lipinski definition) is 4. The van der Waals surface area contributed by atoms with Crippen LogP contribution >= 0.6 is 22.7 Å². The second-order valence-corrected chi connectivity index (χ2v) is 8.41. The Morgan fingerprint density at radius 2 is 1.94 bits per heavy atom. The smallest absolute Gasteiger partial charge is 0.413 e. The van der Waals surface area contributed by atoms with Crippen LogP contribution in [0, 0.1) is 0 Å². The molecule has 2 heterocycles. The molecule has 0 fully saturated rings. The molecular weight excluding hydrogens is 442 g/mol. The lowest BCUT2D eigenvalue weighted by Crippen LogP contribution is -2.26. The van der Waals surface area contributed by atoms with Gasteiger partial charge in [-0.15, -0.1) is 22.7 Å². The van der Waals surface area contributed by atoms with Crippen molar-refractivity contribution in [1.82, 2.24) is 20.8 Å². The van der Waals surface area contributed by atoms with Crippen LogP contribution < -0.4 is 16.1 Å². The molecule has 1 aromatic carbocycles. The Balaban J connectivity index is 1.36. The van der Waals surface area contributed by atoms with E-state index in [1.165, 1.54) is 22.7 Å². The first-order valence-corrected chi connectivity index (χ1v) is 11.2. The predicted molar refractivity (Wildman–Crippen MR) is 116 cm³/mol. The molecule has 12 heteroatoms. The molecule has 0 aliphatic carbocycles. The first kappa shape index (κ1) is 22.6. The minimum Gasteiger partial charge on any atom is -0.442 e. The van der Waals surface area contributed by atoms with Crippen LogP contribution in [0.4, 0.5) is 9.93 Å². The van der Waals surface area contributed by atoms with Crippen molar-refractivity contribution in [2.24, 2.45) is 0 Å². The summed E-state index contributed by atoms with van der Waals surface area (Å²) in [6.07, 6.45) is 0.801. The third kappa shape index (κ3) is 7.27. The summed E-state index contributed by atoms with van der Waals surface area (Å²) in [5.41, 5.74) is 2.96. The van der Waals surface area contributed by atoms with E-state index in [9.17, 15) is 14.4 Å². The standard InChI is InChI=1S/C19H21N5O5S2/c25-15(24-28)7-3-4-8-20-16(26)9-12-11-30-18(21-12)23-19(27)29-10-17-22-13-5-1-2-6-14(13)31-17/h1-2,5-6,11,28H,3-4,7-10H2,(H,20,26)(H,24,25)(H,21,23,27). The van der Waals surface area contributed by atoms with Gasteiger partial charge in [0.05, 0.1) is 22.3 Å². The van der Waals surface area contributed by atoms with E-state index in [0.717, 1.165) is 10.2 Å². The summed E-state index contributed by atoms with van der Waals surface area (Å²) in [6, 6.07) is 7.69. The van der Waals surface area contributed by atoms with Gasteiger partial charge in [0.2, 0.25) is 11.8 Å². The molecule has 0 spiro atoms. The van der Waals surface area contributed by atoms with E-state index in [-0.39, 0.29) is 25.4 Å². The van der Waals surface area contributed by atoms with Crippen LogP contribution in [0.15, 0.2) is 29.6 Å². The zero-order chi connectivity index (χ0) is 22.1. The Morgan fingerprint density at radius 3 is 2.74 bits per heavy atom. The molecule has 31 heavy (non-hydrogen) atoms. The van der Waals surface area contributed by atoms with Crippen LogP contribution in [0.2, 0.25) is 0 Å². The molecule has 3 aromatic rings. The lowest BCUT2D eigenvalue weighted by atomic mass is 10.2. The molecule has 0 aliphatic heterocycles. The molecule has 0 unspecified atom stereocenters. The minimum atomic E-state index is -0.642.